The molecule has 2 aromatic rings. The topological polar surface area (TPSA) is 166 Å². The number of aliphatic hydroxyl groups excluding tert-OH is 1. The number of aliphatic hydroxyl groups is 1. The van der Waals surface area contributed by atoms with Crippen LogP contribution in [0.4, 0.5) is 11.4 Å². The van der Waals surface area contributed by atoms with Crippen LogP contribution in [0.15, 0.2) is 33.2 Å². The third-order valence-electron chi connectivity index (χ3n) is 4.33. The van der Waals surface area contributed by atoms with Crippen molar-refractivity contribution in [3.8, 4) is 0 Å². The van der Waals surface area contributed by atoms with Crippen molar-refractivity contribution in [1.29, 1.82) is 0 Å². The molecule has 0 heterocycles. The van der Waals surface area contributed by atoms with Crippen molar-refractivity contribution in [2.75, 3.05) is 10.6 Å². The number of hydrogen-bond acceptors (Lipinski definition) is 6. The summed E-state index contributed by atoms with van der Waals surface area (Å²) in [6, 6.07) is 6.67. The van der Waals surface area contributed by atoms with Crippen molar-refractivity contribution in [3.05, 3.63) is 54.4 Å². The van der Waals surface area contributed by atoms with Crippen molar-refractivity contribution in [3.63, 3.8) is 0 Å². The SMILES string of the molecule is CCC(=O)Nc1cc(Cl)c(Br)cc1CO.CCC(=O)Nc1cc(Cl)c(Br)cc1COC(=O)CC.O.[Li+].[OH-]. The Kier molecular flexibility index (Phi) is 22.7. The van der Waals surface area contributed by atoms with Gasteiger partial charge in [0.2, 0.25) is 11.8 Å². The van der Waals surface area contributed by atoms with E-state index < -0.39 is 0 Å². The summed E-state index contributed by atoms with van der Waals surface area (Å²) < 4.78 is 6.46. The number of ether oxygens (including phenoxy) is 1. The van der Waals surface area contributed by atoms with Crippen LogP contribution in [0.3, 0.4) is 0 Å². The minimum atomic E-state index is -0.293. The van der Waals surface area contributed by atoms with Gasteiger partial charge in [0.1, 0.15) is 6.61 Å². The fourth-order valence-electron chi connectivity index (χ4n) is 2.40. The number of halogens is 4. The van der Waals surface area contributed by atoms with E-state index in [2.05, 4.69) is 42.5 Å². The van der Waals surface area contributed by atoms with E-state index in [0.29, 0.717) is 60.8 Å². The zero-order chi connectivity index (χ0) is 25.8. The van der Waals surface area contributed by atoms with Gasteiger partial charge < -0.3 is 31.4 Å². The molecule has 0 saturated carbocycles. The molecule has 0 radical (unpaired) electrons. The Bertz CT molecular complexity index is 1050. The molecule has 0 aliphatic rings. The summed E-state index contributed by atoms with van der Waals surface area (Å²) in [5.74, 6) is -0.525. The second-order valence-corrected chi connectivity index (χ2v) is 9.35. The first kappa shape index (κ1) is 40.4. The van der Waals surface area contributed by atoms with Gasteiger partial charge in [-0.2, -0.15) is 0 Å². The van der Waals surface area contributed by atoms with Gasteiger partial charge in [-0.25, -0.2) is 0 Å². The molecule has 0 unspecified atom stereocenters. The number of rotatable bonds is 8. The summed E-state index contributed by atoms with van der Waals surface area (Å²) in [5, 5.41) is 15.5. The summed E-state index contributed by atoms with van der Waals surface area (Å²) >= 11 is 18.4. The molecule has 9 nitrogen and oxygen atoms in total. The molecule has 2 aromatic carbocycles. The second-order valence-electron chi connectivity index (χ2n) is 6.82. The number of carbonyl (C=O) groups is 3. The fraction of sp³-hybridized carbons (Fsp3) is 0.348. The molecule has 6 N–H and O–H groups in total. The average molecular weight is 683 g/mol. The van der Waals surface area contributed by atoms with Gasteiger partial charge in [-0.3, -0.25) is 14.4 Å². The van der Waals surface area contributed by atoms with E-state index in [1.54, 1.807) is 45.0 Å². The van der Waals surface area contributed by atoms with Crippen molar-refractivity contribution < 1.29 is 54.0 Å². The van der Waals surface area contributed by atoms with Crippen LogP contribution in [0, 0.1) is 0 Å². The van der Waals surface area contributed by atoms with Crippen molar-refractivity contribution in [2.24, 2.45) is 0 Å². The molecule has 2 rings (SSSR count). The Balaban J connectivity index is -0.000000591. The first-order valence-corrected chi connectivity index (χ1v) is 12.7. The molecule has 37 heavy (non-hydrogen) atoms. The van der Waals surface area contributed by atoms with Gasteiger partial charge in [-0.05, 0) is 56.1 Å². The zero-order valence-electron chi connectivity index (χ0n) is 20.9. The minimum absolute atomic E-state index is 0. The van der Waals surface area contributed by atoms with Crippen LogP contribution < -0.4 is 29.5 Å². The zero-order valence-corrected chi connectivity index (χ0v) is 25.6. The number of anilines is 2. The molecular formula is C23H29Br2Cl2LiN2O7. The largest absolute Gasteiger partial charge is 1.00 e. The quantitative estimate of drug-likeness (QED) is 0.286. The number of benzene rings is 2. The van der Waals surface area contributed by atoms with Gasteiger partial charge in [0, 0.05) is 50.7 Å². The first-order chi connectivity index (χ1) is 16.1. The maximum atomic E-state index is 11.5. The van der Waals surface area contributed by atoms with E-state index in [-0.39, 0.29) is 60.8 Å². The molecule has 2 amide bonds. The minimum Gasteiger partial charge on any atom is -0.870 e. The predicted molar refractivity (Wildman–Crippen MR) is 148 cm³/mol. The Morgan fingerprint density at radius 1 is 0.838 bits per heavy atom. The number of esters is 1. The van der Waals surface area contributed by atoms with Crippen LogP contribution in [-0.4, -0.2) is 33.8 Å². The van der Waals surface area contributed by atoms with E-state index in [1.807, 2.05) is 0 Å². The molecule has 0 saturated heterocycles. The normalized spacial score (nSPS) is 9.30. The van der Waals surface area contributed by atoms with Crippen LogP contribution in [0.5, 0.6) is 0 Å². The van der Waals surface area contributed by atoms with Gasteiger partial charge >= 0.3 is 24.8 Å². The van der Waals surface area contributed by atoms with Gasteiger partial charge in [0.25, 0.3) is 0 Å². The Morgan fingerprint density at radius 2 is 1.24 bits per heavy atom. The van der Waals surface area contributed by atoms with Crippen LogP contribution in [0.1, 0.15) is 51.2 Å². The van der Waals surface area contributed by atoms with E-state index in [9.17, 15) is 14.4 Å². The Morgan fingerprint density at radius 3 is 1.62 bits per heavy atom. The van der Waals surface area contributed by atoms with Crippen LogP contribution in [0.25, 0.3) is 0 Å². The summed E-state index contributed by atoms with van der Waals surface area (Å²) in [4.78, 5) is 33.8. The third kappa shape index (κ3) is 14.0. The summed E-state index contributed by atoms with van der Waals surface area (Å²) in [6.45, 7) is 5.19. The summed E-state index contributed by atoms with van der Waals surface area (Å²) in [5.41, 5.74) is 2.44. The van der Waals surface area contributed by atoms with Gasteiger partial charge in [0.05, 0.1) is 16.7 Å². The fourth-order valence-corrected chi connectivity index (χ4v) is 3.51. The average Bonchev–Trinajstić information content (AvgIpc) is 2.82. The standard InChI is InChI=1S/C13H15BrClNO3.C10H11BrClNO2.Li.2H2O/c1-3-12(17)16-11-6-10(15)9(14)5-8(11)7-19-13(18)4-2;1-2-10(15)13-9-4-8(12)7(11)3-6(9)5-14;;;/h5-6H,3-4,7H2,1-2H3,(H,16,17);3-4,14H,2,5H2,1H3,(H,13,15);;2*1H2/q;;+1;;/p-1. The summed E-state index contributed by atoms with van der Waals surface area (Å²) in [7, 11) is 0. The maximum Gasteiger partial charge on any atom is 1.00 e. The summed E-state index contributed by atoms with van der Waals surface area (Å²) in [6.07, 6.45) is 1.06. The monoisotopic (exact) mass is 680 g/mol. The van der Waals surface area contributed by atoms with E-state index in [4.69, 9.17) is 33.0 Å². The van der Waals surface area contributed by atoms with Crippen molar-refractivity contribution in [2.45, 2.75) is 53.2 Å². The predicted octanol–water partition coefficient (Wildman–Crippen LogP) is 2.85. The smallest absolute Gasteiger partial charge is 0.870 e. The number of amides is 2. The van der Waals surface area contributed by atoms with E-state index in [1.165, 1.54) is 0 Å². The first-order valence-electron chi connectivity index (χ1n) is 10.4. The number of hydrogen-bond donors (Lipinski definition) is 3. The van der Waals surface area contributed by atoms with E-state index >= 15 is 0 Å². The van der Waals surface area contributed by atoms with Gasteiger partial charge in [-0.1, -0.05) is 44.0 Å². The second kappa shape index (κ2) is 20.8. The molecule has 0 spiro atoms. The third-order valence-corrected chi connectivity index (χ3v) is 6.72. The molecule has 0 atom stereocenters. The van der Waals surface area contributed by atoms with E-state index in [0.717, 1.165) is 0 Å². The maximum absolute atomic E-state index is 11.5. The number of carbonyl (C=O) groups excluding carboxylic acids is 3. The number of nitrogens with one attached hydrogen (secondary N) is 2. The molecule has 0 aromatic heterocycles. The molecule has 0 bridgehead atoms. The van der Waals surface area contributed by atoms with Crippen LogP contribution in [0.2, 0.25) is 10.0 Å². The molecule has 0 aliphatic heterocycles. The Hall–Kier alpha value is -1.13. The molecule has 0 fully saturated rings. The molecule has 0 aliphatic carbocycles. The van der Waals surface area contributed by atoms with Gasteiger partial charge in [0.15, 0.2) is 0 Å². The van der Waals surface area contributed by atoms with Crippen molar-refractivity contribution in [1.82, 2.24) is 0 Å². The Labute approximate surface area is 255 Å². The van der Waals surface area contributed by atoms with Crippen molar-refractivity contribution >= 4 is 84.2 Å². The molecule has 202 valence electrons. The molecule has 14 heteroatoms. The van der Waals surface area contributed by atoms with Gasteiger partial charge in [-0.15, -0.1) is 0 Å². The molecular weight excluding hydrogens is 654 g/mol. The van der Waals surface area contributed by atoms with Crippen LogP contribution in [-0.2, 0) is 32.3 Å². The van der Waals surface area contributed by atoms with Crippen LogP contribution >= 0.6 is 55.1 Å².